The first-order chi connectivity index (χ1) is 8.68. The van der Waals surface area contributed by atoms with Crippen LogP contribution in [0.25, 0.3) is 0 Å². The average Bonchev–Trinajstić information content (AvgIpc) is 2.90. The number of ether oxygens (including phenoxy) is 1. The van der Waals surface area contributed by atoms with Crippen molar-refractivity contribution in [2.24, 2.45) is 0 Å². The van der Waals surface area contributed by atoms with Crippen molar-refractivity contribution < 1.29 is 19.4 Å². The summed E-state index contributed by atoms with van der Waals surface area (Å²) < 4.78 is 5.23. The summed E-state index contributed by atoms with van der Waals surface area (Å²) in [5.74, 6) is -1.43. The third-order valence-electron chi connectivity index (χ3n) is 2.89. The highest BCUT2D eigenvalue weighted by atomic mass is 16.5. The molecule has 1 saturated heterocycles. The van der Waals surface area contributed by atoms with Gasteiger partial charge in [0.1, 0.15) is 6.10 Å². The van der Waals surface area contributed by atoms with Crippen molar-refractivity contribution in [3.8, 4) is 0 Å². The van der Waals surface area contributed by atoms with E-state index < -0.39 is 18.1 Å². The van der Waals surface area contributed by atoms with E-state index in [4.69, 9.17) is 9.84 Å². The third-order valence-corrected chi connectivity index (χ3v) is 2.89. The van der Waals surface area contributed by atoms with Gasteiger partial charge in [0.15, 0.2) is 6.04 Å². The monoisotopic (exact) mass is 249 g/mol. The Bertz CT molecular complexity index is 426. The molecule has 18 heavy (non-hydrogen) atoms. The zero-order valence-electron chi connectivity index (χ0n) is 9.83. The Labute approximate surface area is 105 Å². The first-order valence-corrected chi connectivity index (χ1v) is 5.88. The fourth-order valence-electron chi connectivity index (χ4n) is 1.95. The first-order valence-electron chi connectivity index (χ1n) is 5.88. The summed E-state index contributed by atoms with van der Waals surface area (Å²) in [5.41, 5.74) is 0.552. The number of amides is 1. The molecule has 0 aromatic heterocycles. The number of hydrogen-bond acceptors (Lipinski definition) is 3. The Hall–Kier alpha value is -1.88. The number of aliphatic carboxylic acids is 1. The molecule has 0 bridgehead atoms. The van der Waals surface area contributed by atoms with Gasteiger partial charge in [0.2, 0.25) is 5.91 Å². The molecule has 1 amide bonds. The fraction of sp³-hybridized carbons (Fsp3) is 0.385. The third kappa shape index (κ3) is 2.87. The van der Waals surface area contributed by atoms with E-state index in [0.717, 1.165) is 6.42 Å². The number of carboxylic acids is 1. The molecule has 1 aliphatic rings. The standard InChI is InChI=1S/C13H15NO4/c15-12(10-7-4-8-18-10)14-11(13(16)17)9-5-2-1-3-6-9/h1-3,5-6,10-11H,4,7-8H2,(H,14,15)(H,16,17)/t10-,11?/m0/s1. The van der Waals surface area contributed by atoms with Crippen molar-refractivity contribution in [3.63, 3.8) is 0 Å². The largest absolute Gasteiger partial charge is 0.479 e. The normalized spacial score (nSPS) is 20.3. The van der Waals surface area contributed by atoms with Crippen LogP contribution in [0.15, 0.2) is 30.3 Å². The van der Waals surface area contributed by atoms with Crippen molar-refractivity contribution in [1.29, 1.82) is 0 Å². The lowest BCUT2D eigenvalue weighted by Crippen LogP contribution is -2.39. The van der Waals surface area contributed by atoms with Gasteiger partial charge in [-0.2, -0.15) is 0 Å². The molecular weight excluding hydrogens is 234 g/mol. The lowest BCUT2D eigenvalue weighted by Gasteiger charge is -2.17. The summed E-state index contributed by atoms with van der Waals surface area (Å²) in [6.07, 6.45) is 0.962. The average molecular weight is 249 g/mol. The van der Waals surface area contributed by atoms with Crippen molar-refractivity contribution >= 4 is 11.9 Å². The summed E-state index contributed by atoms with van der Waals surface area (Å²) in [6.45, 7) is 0.557. The van der Waals surface area contributed by atoms with Gasteiger partial charge >= 0.3 is 5.97 Å². The van der Waals surface area contributed by atoms with Crippen molar-refractivity contribution in [1.82, 2.24) is 5.32 Å². The van der Waals surface area contributed by atoms with Crippen LogP contribution in [0.1, 0.15) is 24.4 Å². The lowest BCUT2D eigenvalue weighted by atomic mass is 10.1. The summed E-state index contributed by atoms with van der Waals surface area (Å²) in [6, 6.07) is 7.60. The Morgan fingerprint density at radius 2 is 2.06 bits per heavy atom. The van der Waals surface area contributed by atoms with Crippen LogP contribution < -0.4 is 5.32 Å². The van der Waals surface area contributed by atoms with Crippen LogP contribution in [0.3, 0.4) is 0 Å². The Kier molecular flexibility index (Phi) is 3.94. The van der Waals surface area contributed by atoms with E-state index in [1.54, 1.807) is 30.3 Å². The predicted molar refractivity (Wildman–Crippen MR) is 63.9 cm³/mol. The molecule has 1 aromatic rings. The highest BCUT2D eigenvalue weighted by Crippen LogP contribution is 2.16. The molecule has 5 heteroatoms. The summed E-state index contributed by atoms with van der Waals surface area (Å²) >= 11 is 0. The molecular formula is C13H15NO4. The van der Waals surface area contributed by atoms with Crippen LogP contribution >= 0.6 is 0 Å². The van der Waals surface area contributed by atoms with Crippen LogP contribution in [0.4, 0.5) is 0 Å². The molecule has 2 atom stereocenters. The van der Waals surface area contributed by atoms with Gasteiger partial charge in [-0.15, -0.1) is 0 Å². The molecule has 0 radical (unpaired) electrons. The van der Waals surface area contributed by atoms with Crippen LogP contribution in [-0.2, 0) is 14.3 Å². The van der Waals surface area contributed by atoms with Crippen molar-refractivity contribution in [2.75, 3.05) is 6.61 Å². The molecule has 96 valence electrons. The molecule has 5 nitrogen and oxygen atoms in total. The molecule has 2 N–H and O–H groups in total. The number of carbonyl (C=O) groups excluding carboxylic acids is 1. The van der Waals surface area contributed by atoms with Gasteiger partial charge in [-0.25, -0.2) is 4.79 Å². The zero-order valence-corrected chi connectivity index (χ0v) is 9.83. The van der Waals surface area contributed by atoms with Crippen molar-refractivity contribution in [2.45, 2.75) is 25.0 Å². The molecule has 1 unspecified atom stereocenters. The van der Waals surface area contributed by atoms with Gasteiger partial charge in [-0.3, -0.25) is 4.79 Å². The fourth-order valence-corrected chi connectivity index (χ4v) is 1.95. The van der Waals surface area contributed by atoms with Crippen LogP contribution in [0.2, 0.25) is 0 Å². The van der Waals surface area contributed by atoms with E-state index in [1.165, 1.54) is 0 Å². The minimum Gasteiger partial charge on any atom is -0.479 e. The van der Waals surface area contributed by atoms with E-state index in [2.05, 4.69) is 5.32 Å². The highest BCUT2D eigenvalue weighted by Gasteiger charge is 2.28. The molecule has 1 heterocycles. The maximum absolute atomic E-state index is 11.8. The summed E-state index contributed by atoms with van der Waals surface area (Å²) in [5, 5.41) is 11.7. The molecule has 0 spiro atoms. The Morgan fingerprint density at radius 3 is 2.61 bits per heavy atom. The SMILES string of the molecule is O=C(O)C(NC(=O)[C@@H]1CCCO1)c1ccccc1. The summed E-state index contributed by atoms with van der Waals surface area (Å²) in [7, 11) is 0. The molecule has 0 aliphatic carbocycles. The van der Waals surface area contributed by atoms with Gasteiger partial charge < -0.3 is 15.2 Å². The topological polar surface area (TPSA) is 75.6 Å². The molecule has 1 aliphatic heterocycles. The summed E-state index contributed by atoms with van der Waals surface area (Å²) in [4.78, 5) is 23.0. The van der Waals surface area contributed by atoms with Gasteiger partial charge in [-0.1, -0.05) is 30.3 Å². The van der Waals surface area contributed by atoms with E-state index in [0.29, 0.717) is 18.6 Å². The number of benzene rings is 1. The minimum absolute atomic E-state index is 0.358. The second kappa shape index (κ2) is 5.64. The molecule has 1 aromatic carbocycles. The number of carbonyl (C=O) groups is 2. The van der Waals surface area contributed by atoms with Gasteiger partial charge in [0, 0.05) is 6.61 Å². The number of carboxylic acid groups (broad SMARTS) is 1. The predicted octanol–water partition coefficient (Wildman–Crippen LogP) is 1.11. The van der Waals surface area contributed by atoms with E-state index in [1.807, 2.05) is 0 Å². The number of nitrogens with one attached hydrogen (secondary N) is 1. The molecule has 1 fully saturated rings. The second-order valence-electron chi connectivity index (χ2n) is 4.19. The lowest BCUT2D eigenvalue weighted by molar-refractivity contribution is -0.143. The van der Waals surface area contributed by atoms with Gasteiger partial charge in [-0.05, 0) is 18.4 Å². The second-order valence-corrected chi connectivity index (χ2v) is 4.19. The quantitative estimate of drug-likeness (QED) is 0.838. The molecule has 0 saturated carbocycles. The van der Waals surface area contributed by atoms with E-state index >= 15 is 0 Å². The first kappa shape index (κ1) is 12.6. The highest BCUT2D eigenvalue weighted by molar-refractivity contribution is 5.87. The van der Waals surface area contributed by atoms with Crippen molar-refractivity contribution in [3.05, 3.63) is 35.9 Å². The van der Waals surface area contributed by atoms with Gasteiger partial charge in [0.25, 0.3) is 0 Å². The minimum atomic E-state index is -1.08. The number of rotatable bonds is 4. The van der Waals surface area contributed by atoms with Crippen LogP contribution in [-0.4, -0.2) is 29.7 Å². The zero-order chi connectivity index (χ0) is 13.0. The molecule has 2 rings (SSSR count). The maximum Gasteiger partial charge on any atom is 0.330 e. The number of hydrogen-bond donors (Lipinski definition) is 2. The van der Waals surface area contributed by atoms with Crippen LogP contribution in [0, 0.1) is 0 Å². The van der Waals surface area contributed by atoms with Crippen LogP contribution in [0.5, 0.6) is 0 Å². The van der Waals surface area contributed by atoms with Gasteiger partial charge in [0.05, 0.1) is 0 Å². The maximum atomic E-state index is 11.8. The Balaban J connectivity index is 2.07. The smallest absolute Gasteiger partial charge is 0.330 e. The van der Waals surface area contributed by atoms with E-state index in [9.17, 15) is 9.59 Å². The van der Waals surface area contributed by atoms with E-state index in [-0.39, 0.29) is 5.91 Å². The Morgan fingerprint density at radius 1 is 1.33 bits per heavy atom.